The molecule has 9 heteroatoms. The van der Waals surface area contributed by atoms with Crippen LogP contribution in [0.3, 0.4) is 0 Å². The van der Waals surface area contributed by atoms with Crippen LogP contribution in [0, 0.1) is 6.92 Å². The number of hydrazone groups is 1. The van der Waals surface area contributed by atoms with Crippen LogP contribution in [-0.2, 0) is 9.53 Å². The van der Waals surface area contributed by atoms with Gasteiger partial charge in [0.1, 0.15) is 17.5 Å². The smallest absolute Gasteiger partial charge is 0.224 e. The van der Waals surface area contributed by atoms with Crippen LogP contribution in [0.4, 0.5) is 5.69 Å². The van der Waals surface area contributed by atoms with Gasteiger partial charge in [0, 0.05) is 44.0 Å². The number of nitrogens with one attached hydrogen (secondary N) is 2. The van der Waals surface area contributed by atoms with Crippen molar-refractivity contribution >= 4 is 29.5 Å². The highest BCUT2D eigenvalue weighted by molar-refractivity contribution is 5.97. The van der Waals surface area contributed by atoms with E-state index in [2.05, 4.69) is 42.3 Å². The average molecular weight is 476 g/mol. The SMILES string of the molecule is C=C(/N=C(/CCCC(=O)Nc1ccncc1)N=C(C)N/N=C/c1cccc(C)c1)N1CCOCC1. The number of hydrogen-bond acceptors (Lipinski definition) is 6. The third kappa shape index (κ3) is 9.50. The highest BCUT2D eigenvalue weighted by atomic mass is 16.5. The third-order valence-corrected chi connectivity index (χ3v) is 5.18. The van der Waals surface area contributed by atoms with Crippen LogP contribution in [0.5, 0.6) is 0 Å². The topological polar surface area (TPSA) is 104 Å². The molecular formula is C26H33N7O2. The van der Waals surface area contributed by atoms with E-state index in [9.17, 15) is 4.79 Å². The highest BCUT2D eigenvalue weighted by Gasteiger charge is 2.13. The summed E-state index contributed by atoms with van der Waals surface area (Å²) in [5.74, 6) is 1.77. The molecule has 1 amide bonds. The Morgan fingerprint density at radius 1 is 1.17 bits per heavy atom. The van der Waals surface area contributed by atoms with Crippen LogP contribution in [0.2, 0.25) is 0 Å². The van der Waals surface area contributed by atoms with Crippen molar-refractivity contribution in [3.63, 3.8) is 0 Å². The lowest BCUT2D eigenvalue weighted by Gasteiger charge is -2.28. The van der Waals surface area contributed by atoms with E-state index in [0.717, 1.165) is 24.3 Å². The number of anilines is 1. The highest BCUT2D eigenvalue weighted by Crippen LogP contribution is 2.11. The molecule has 35 heavy (non-hydrogen) atoms. The molecule has 2 heterocycles. The Hall–Kier alpha value is -3.85. The Balaban J connectivity index is 1.61. The van der Waals surface area contributed by atoms with Crippen LogP contribution in [-0.4, -0.2) is 60.0 Å². The van der Waals surface area contributed by atoms with Crippen LogP contribution in [0.1, 0.15) is 37.3 Å². The minimum absolute atomic E-state index is 0.0656. The number of aromatic nitrogens is 1. The fourth-order valence-corrected chi connectivity index (χ4v) is 3.41. The van der Waals surface area contributed by atoms with E-state index in [0.29, 0.717) is 50.0 Å². The van der Waals surface area contributed by atoms with Gasteiger partial charge in [-0.05, 0) is 38.0 Å². The number of rotatable bonds is 9. The predicted molar refractivity (Wildman–Crippen MR) is 141 cm³/mol. The summed E-state index contributed by atoms with van der Waals surface area (Å²) in [6.07, 6.45) is 6.49. The first-order chi connectivity index (χ1) is 17.0. The van der Waals surface area contributed by atoms with E-state index in [-0.39, 0.29) is 5.91 Å². The molecule has 0 aliphatic carbocycles. The molecule has 2 aromatic rings. The van der Waals surface area contributed by atoms with Gasteiger partial charge < -0.3 is 15.0 Å². The van der Waals surface area contributed by atoms with Crippen molar-refractivity contribution in [3.05, 3.63) is 72.3 Å². The van der Waals surface area contributed by atoms with Gasteiger partial charge in [-0.1, -0.05) is 36.4 Å². The number of amidine groups is 2. The number of ether oxygens (including phenoxy) is 1. The van der Waals surface area contributed by atoms with E-state index in [1.54, 1.807) is 30.7 Å². The molecule has 184 valence electrons. The molecule has 2 N–H and O–H groups in total. The summed E-state index contributed by atoms with van der Waals surface area (Å²) in [6.45, 7) is 10.8. The fraction of sp³-hybridized carbons (Fsp3) is 0.346. The molecule has 0 atom stereocenters. The second-order valence-electron chi connectivity index (χ2n) is 8.16. The Kier molecular flexibility index (Phi) is 10.1. The Bertz CT molecular complexity index is 1070. The monoisotopic (exact) mass is 475 g/mol. The summed E-state index contributed by atoms with van der Waals surface area (Å²) < 4.78 is 5.41. The number of hydrogen-bond donors (Lipinski definition) is 2. The molecule has 1 fully saturated rings. The van der Waals surface area contributed by atoms with Gasteiger partial charge in [-0.3, -0.25) is 15.2 Å². The van der Waals surface area contributed by atoms with Crippen molar-refractivity contribution in [2.75, 3.05) is 31.6 Å². The number of carbonyl (C=O) groups is 1. The predicted octanol–water partition coefficient (Wildman–Crippen LogP) is 3.74. The Morgan fingerprint density at radius 2 is 1.94 bits per heavy atom. The third-order valence-electron chi connectivity index (χ3n) is 5.18. The van der Waals surface area contributed by atoms with Crippen molar-refractivity contribution in [1.82, 2.24) is 15.3 Å². The quantitative estimate of drug-likeness (QED) is 0.327. The second kappa shape index (κ2) is 13.8. The maximum Gasteiger partial charge on any atom is 0.224 e. The first-order valence-electron chi connectivity index (χ1n) is 11.7. The minimum atomic E-state index is -0.0656. The normalized spacial score (nSPS) is 14.7. The molecule has 1 aromatic carbocycles. The van der Waals surface area contributed by atoms with Gasteiger partial charge in [0.25, 0.3) is 0 Å². The molecule has 1 aliphatic heterocycles. The van der Waals surface area contributed by atoms with E-state index < -0.39 is 0 Å². The van der Waals surface area contributed by atoms with Gasteiger partial charge in [-0.2, -0.15) is 5.10 Å². The number of benzene rings is 1. The van der Waals surface area contributed by atoms with Gasteiger partial charge in [0.15, 0.2) is 0 Å². The maximum absolute atomic E-state index is 12.3. The summed E-state index contributed by atoms with van der Waals surface area (Å²) in [6, 6.07) is 11.6. The van der Waals surface area contributed by atoms with Gasteiger partial charge in [-0.25, -0.2) is 9.98 Å². The standard InChI is InChI=1S/C26H33N7O2/c1-20-6-4-7-23(18-20)19-28-32-21(2)29-25(30-22(3)33-14-16-35-17-15-33)8-5-9-26(34)31-24-10-12-27-13-11-24/h4,6-7,10-13,18-19H,3,5,8-9,14-17H2,1-2H3,(H,27,31,34)(H,29,30,32)/b28-19+. The van der Waals surface area contributed by atoms with E-state index in [1.165, 1.54) is 5.56 Å². The number of morpholine rings is 1. The number of pyridine rings is 1. The lowest BCUT2D eigenvalue weighted by atomic mass is 10.2. The number of aryl methyl sites for hydroxylation is 1. The Labute approximate surface area is 206 Å². The Morgan fingerprint density at radius 3 is 2.69 bits per heavy atom. The first kappa shape index (κ1) is 25.8. The molecule has 0 saturated carbocycles. The maximum atomic E-state index is 12.3. The summed E-state index contributed by atoms with van der Waals surface area (Å²) in [5, 5.41) is 7.15. The number of amides is 1. The van der Waals surface area contributed by atoms with Gasteiger partial charge in [-0.15, -0.1) is 0 Å². The summed E-state index contributed by atoms with van der Waals surface area (Å²) in [4.78, 5) is 27.6. The van der Waals surface area contributed by atoms with Gasteiger partial charge in [0.05, 0.1) is 19.4 Å². The van der Waals surface area contributed by atoms with Crippen molar-refractivity contribution in [2.45, 2.75) is 33.1 Å². The molecule has 1 aromatic heterocycles. The molecular weight excluding hydrogens is 442 g/mol. The summed E-state index contributed by atoms with van der Waals surface area (Å²) in [7, 11) is 0. The lowest BCUT2D eigenvalue weighted by Crippen LogP contribution is -2.35. The molecule has 0 bridgehead atoms. The lowest BCUT2D eigenvalue weighted by molar-refractivity contribution is -0.116. The van der Waals surface area contributed by atoms with Crippen LogP contribution >= 0.6 is 0 Å². The summed E-state index contributed by atoms with van der Waals surface area (Å²) in [5.41, 5.74) is 5.85. The number of nitrogens with zero attached hydrogens (tertiary/aromatic N) is 5. The minimum Gasteiger partial charge on any atom is -0.378 e. The molecule has 3 rings (SSSR count). The second-order valence-corrected chi connectivity index (χ2v) is 8.16. The zero-order valence-electron chi connectivity index (χ0n) is 20.4. The molecule has 9 nitrogen and oxygen atoms in total. The van der Waals surface area contributed by atoms with Gasteiger partial charge >= 0.3 is 0 Å². The van der Waals surface area contributed by atoms with Crippen molar-refractivity contribution in [1.29, 1.82) is 0 Å². The van der Waals surface area contributed by atoms with Crippen LogP contribution in [0.25, 0.3) is 0 Å². The molecule has 0 spiro atoms. The zero-order chi connectivity index (χ0) is 24.9. The van der Waals surface area contributed by atoms with Crippen LogP contribution < -0.4 is 10.7 Å². The molecule has 1 saturated heterocycles. The van der Waals surface area contributed by atoms with E-state index in [4.69, 9.17) is 4.74 Å². The fourth-order valence-electron chi connectivity index (χ4n) is 3.41. The van der Waals surface area contributed by atoms with E-state index in [1.807, 2.05) is 38.1 Å². The van der Waals surface area contributed by atoms with Crippen molar-refractivity contribution < 1.29 is 9.53 Å². The van der Waals surface area contributed by atoms with Crippen LogP contribution in [0.15, 0.2) is 76.3 Å². The average Bonchev–Trinajstić information content (AvgIpc) is 2.85. The van der Waals surface area contributed by atoms with E-state index >= 15 is 0 Å². The van der Waals surface area contributed by atoms with Crippen molar-refractivity contribution in [2.24, 2.45) is 15.1 Å². The molecule has 0 radical (unpaired) electrons. The number of aliphatic imine (C=N–C) groups is 2. The molecule has 0 unspecified atom stereocenters. The number of carbonyl (C=O) groups excluding carboxylic acids is 1. The largest absolute Gasteiger partial charge is 0.378 e. The zero-order valence-corrected chi connectivity index (χ0v) is 20.4. The summed E-state index contributed by atoms with van der Waals surface area (Å²) >= 11 is 0. The van der Waals surface area contributed by atoms with Crippen molar-refractivity contribution in [3.8, 4) is 0 Å². The first-order valence-corrected chi connectivity index (χ1v) is 11.7. The van der Waals surface area contributed by atoms with Gasteiger partial charge in [0.2, 0.25) is 5.91 Å². The molecule has 1 aliphatic rings.